The van der Waals surface area contributed by atoms with E-state index in [-0.39, 0.29) is 11.8 Å². The molecule has 4 rings (SSSR count). The van der Waals surface area contributed by atoms with Crippen LogP contribution in [0.4, 0.5) is 0 Å². The first-order chi connectivity index (χ1) is 15.5. The van der Waals surface area contributed by atoms with E-state index in [9.17, 15) is 9.59 Å². The van der Waals surface area contributed by atoms with Crippen LogP contribution in [0.1, 0.15) is 34.3 Å². The summed E-state index contributed by atoms with van der Waals surface area (Å²) in [6.45, 7) is 3.15. The minimum atomic E-state index is -0.652. The monoisotopic (exact) mass is 427 g/mol. The van der Waals surface area contributed by atoms with Crippen molar-refractivity contribution in [1.82, 2.24) is 15.2 Å². The Balaban J connectivity index is 1.62. The number of aromatic nitrogens is 1. The summed E-state index contributed by atoms with van der Waals surface area (Å²) in [4.78, 5) is 32.0. The summed E-state index contributed by atoms with van der Waals surface area (Å²) >= 11 is 0. The van der Waals surface area contributed by atoms with Gasteiger partial charge in [-0.3, -0.25) is 14.6 Å². The van der Waals surface area contributed by atoms with Crippen molar-refractivity contribution >= 4 is 11.8 Å². The van der Waals surface area contributed by atoms with E-state index in [0.717, 1.165) is 24.0 Å². The topological polar surface area (TPSA) is 62.3 Å². The Labute approximate surface area is 189 Å². The summed E-state index contributed by atoms with van der Waals surface area (Å²) in [6.07, 6.45) is 5.38. The smallest absolute Gasteiger partial charge is 0.253 e. The number of nitrogens with zero attached hydrogens (tertiary/aromatic N) is 2. The lowest BCUT2D eigenvalue weighted by atomic mass is 9.74. The molecule has 0 saturated carbocycles. The van der Waals surface area contributed by atoms with Crippen LogP contribution in [0, 0.1) is 12.3 Å². The van der Waals surface area contributed by atoms with Gasteiger partial charge in [-0.25, -0.2) is 0 Å². The van der Waals surface area contributed by atoms with Gasteiger partial charge in [0.25, 0.3) is 5.91 Å². The predicted molar refractivity (Wildman–Crippen MR) is 126 cm³/mol. The lowest BCUT2D eigenvalue weighted by Gasteiger charge is -2.41. The van der Waals surface area contributed by atoms with Gasteiger partial charge in [-0.15, -0.1) is 0 Å². The van der Waals surface area contributed by atoms with Crippen molar-refractivity contribution in [2.24, 2.45) is 5.41 Å². The van der Waals surface area contributed by atoms with Crippen LogP contribution in [0.5, 0.6) is 0 Å². The van der Waals surface area contributed by atoms with E-state index in [1.807, 2.05) is 11.0 Å². The maximum atomic E-state index is 13.1. The van der Waals surface area contributed by atoms with Gasteiger partial charge in [-0.05, 0) is 55.0 Å². The molecule has 0 spiro atoms. The fourth-order valence-electron chi connectivity index (χ4n) is 4.73. The van der Waals surface area contributed by atoms with Gasteiger partial charge in [0.15, 0.2) is 0 Å². The summed E-state index contributed by atoms with van der Waals surface area (Å²) in [6, 6.07) is 20.3. The molecule has 164 valence electrons. The molecule has 1 aliphatic heterocycles. The number of carbonyl (C=O) groups is 2. The third-order valence-corrected chi connectivity index (χ3v) is 6.32. The van der Waals surface area contributed by atoms with E-state index >= 15 is 0 Å². The van der Waals surface area contributed by atoms with E-state index in [1.54, 1.807) is 31.6 Å². The second-order valence-electron chi connectivity index (χ2n) is 8.67. The zero-order chi connectivity index (χ0) is 22.6. The molecule has 0 bridgehead atoms. The highest BCUT2D eigenvalue weighted by molar-refractivity contribution is 5.95. The Kier molecular flexibility index (Phi) is 6.35. The van der Waals surface area contributed by atoms with Gasteiger partial charge in [0, 0.05) is 38.1 Å². The summed E-state index contributed by atoms with van der Waals surface area (Å²) in [5, 5.41) is 2.86. The lowest BCUT2D eigenvalue weighted by molar-refractivity contribution is -0.133. The molecule has 1 atom stereocenters. The van der Waals surface area contributed by atoms with E-state index in [2.05, 4.69) is 59.7 Å². The first-order valence-electron chi connectivity index (χ1n) is 11.1. The quantitative estimate of drug-likeness (QED) is 0.662. The average Bonchev–Trinajstić information content (AvgIpc) is 2.84. The first-order valence-corrected chi connectivity index (χ1v) is 11.1. The van der Waals surface area contributed by atoms with E-state index < -0.39 is 5.41 Å². The van der Waals surface area contributed by atoms with Crippen LogP contribution in [-0.4, -0.2) is 41.8 Å². The van der Waals surface area contributed by atoms with E-state index in [1.165, 1.54) is 11.1 Å². The molecular weight excluding hydrogens is 398 g/mol. The molecule has 1 fully saturated rings. The molecule has 2 heterocycles. The van der Waals surface area contributed by atoms with Crippen LogP contribution >= 0.6 is 0 Å². The standard InChI is InChI=1S/C27H29N3O2/c1-20-6-3-8-23(16-20)24-9-4-7-21(17-24)18-27(26(32)28-2)12-5-15-30(19-27)25(31)22-10-13-29-14-11-22/h3-4,6-11,13-14,16-17H,5,12,15,18-19H2,1-2H3,(H,28,32). The van der Waals surface area contributed by atoms with Gasteiger partial charge in [-0.2, -0.15) is 0 Å². The molecule has 1 aromatic heterocycles. The highest BCUT2D eigenvalue weighted by atomic mass is 16.2. The van der Waals surface area contributed by atoms with E-state index in [4.69, 9.17) is 0 Å². The van der Waals surface area contributed by atoms with E-state index in [0.29, 0.717) is 25.1 Å². The number of piperidine rings is 1. The summed E-state index contributed by atoms with van der Waals surface area (Å²) in [5.74, 6) is -0.0559. The van der Waals surface area contributed by atoms with Crippen LogP contribution in [0.15, 0.2) is 73.1 Å². The predicted octanol–water partition coefficient (Wildman–Crippen LogP) is 4.27. The van der Waals surface area contributed by atoms with Crippen molar-refractivity contribution < 1.29 is 9.59 Å². The first kappa shape index (κ1) is 21.8. The molecule has 1 saturated heterocycles. The molecule has 0 radical (unpaired) electrons. The normalized spacial score (nSPS) is 18.2. The van der Waals surface area contributed by atoms with Crippen LogP contribution in [-0.2, 0) is 11.2 Å². The molecule has 1 aliphatic rings. The molecule has 5 nitrogen and oxygen atoms in total. The van der Waals surface area contributed by atoms with Gasteiger partial charge < -0.3 is 10.2 Å². The van der Waals surface area contributed by atoms with Crippen LogP contribution in [0.3, 0.4) is 0 Å². The Morgan fingerprint density at radius 2 is 1.75 bits per heavy atom. The Morgan fingerprint density at radius 1 is 1.03 bits per heavy atom. The highest BCUT2D eigenvalue weighted by Gasteiger charge is 2.43. The maximum Gasteiger partial charge on any atom is 0.253 e. The number of rotatable bonds is 5. The number of carbonyl (C=O) groups excluding carboxylic acids is 2. The van der Waals surface area contributed by atoms with Gasteiger partial charge in [0.1, 0.15) is 0 Å². The number of nitrogens with one attached hydrogen (secondary N) is 1. The third kappa shape index (κ3) is 4.57. The second-order valence-corrected chi connectivity index (χ2v) is 8.67. The van der Waals surface area contributed by atoms with Crippen LogP contribution in [0.2, 0.25) is 0 Å². The largest absolute Gasteiger partial charge is 0.359 e. The van der Waals surface area contributed by atoms with Gasteiger partial charge in [0.05, 0.1) is 5.41 Å². The molecule has 0 aliphatic carbocycles. The van der Waals surface area contributed by atoms with Crippen molar-refractivity contribution in [3.8, 4) is 11.1 Å². The number of benzene rings is 2. The number of aryl methyl sites for hydroxylation is 1. The third-order valence-electron chi connectivity index (χ3n) is 6.32. The fourth-order valence-corrected chi connectivity index (χ4v) is 4.73. The molecule has 5 heteroatoms. The minimum Gasteiger partial charge on any atom is -0.359 e. The molecule has 1 N–H and O–H groups in total. The maximum absolute atomic E-state index is 13.1. The Morgan fingerprint density at radius 3 is 2.47 bits per heavy atom. The van der Waals surface area contributed by atoms with Crippen molar-refractivity contribution in [3.63, 3.8) is 0 Å². The van der Waals surface area contributed by atoms with Gasteiger partial charge in [-0.1, -0.05) is 54.1 Å². The zero-order valence-electron chi connectivity index (χ0n) is 18.7. The van der Waals surface area contributed by atoms with Crippen molar-refractivity contribution in [3.05, 3.63) is 89.7 Å². The lowest BCUT2D eigenvalue weighted by Crippen LogP contribution is -2.54. The zero-order valence-corrected chi connectivity index (χ0v) is 18.7. The Bertz CT molecular complexity index is 1110. The molecular formula is C27H29N3O2. The molecule has 2 aromatic carbocycles. The van der Waals surface area contributed by atoms with Crippen LogP contribution in [0.25, 0.3) is 11.1 Å². The number of amides is 2. The van der Waals surface area contributed by atoms with Gasteiger partial charge in [0.2, 0.25) is 5.91 Å². The highest BCUT2D eigenvalue weighted by Crippen LogP contribution is 2.35. The van der Waals surface area contributed by atoms with Crippen molar-refractivity contribution in [2.75, 3.05) is 20.1 Å². The second kappa shape index (κ2) is 9.35. The average molecular weight is 428 g/mol. The number of pyridine rings is 1. The number of hydrogen-bond acceptors (Lipinski definition) is 3. The summed E-state index contributed by atoms with van der Waals surface area (Å²) in [5.41, 5.74) is 4.57. The Hall–Kier alpha value is -3.47. The molecule has 3 aromatic rings. The molecule has 1 unspecified atom stereocenters. The van der Waals surface area contributed by atoms with Crippen LogP contribution < -0.4 is 5.32 Å². The van der Waals surface area contributed by atoms with Crippen molar-refractivity contribution in [1.29, 1.82) is 0 Å². The summed E-state index contributed by atoms with van der Waals surface area (Å²) in [7, 11) is 1.68. The van der Waals surface area contributed by atoms with Gasteiger partial charge >= 0.3 is 0 Å². The van der Waals surface area contributed by atoms with Crippen molar-refractivity contribution in [2.45, 2.75) is 26.2 Å². The molecule has 32 heavy (non-hydrogen) atoms. The number of likely N-dealkylation sites (tertiary alicyclic amines) is 1. The minimum absolute atomic E-state index is 0.00862. The SMILES string of the molecule is CNC(=O)C1(Cc2cccc(-c3cccc(C)c3)c2)CCCN(C(=O)c2ccncc2)C1. The molecule has 2 amide bonds. The fraction of sp³-hybridized carbons (Fsp3) is 0.296. The number of hydrogen-bond donors (Lipinski definition) is 1. The summed E-state index contributed by atoms with van der Waals surface area (Å²) < 4.78 is 0.